The van der Waals surface area contributed by atoms with Gasteiger partial charge >= 0.3 is 0 Å². The maximum Gasteiger partial charge on any atom is 0.285 e. The molecule has 55 valence electrons. The minimum Gasteiger partial charge on any atom is -0.650 e. The molecule has 1 unspecified atom stereocenters. The average Bonchev–Trinajstić information content (AvgIpc) is 2.12. The molecule has 1 radical (unpaired) electrons. The Morgan fingerprint density at radius 1 is 1.67 bits per heavy atom. The van der Waals surface area contributed by atoms with Crippen LogP contribution in [-0.4, -0.2) is 23.7 Å². The van der Waals surface area contributed by atoms with Gasteiger partial charge in [-0.15, -0.1) is 6.54 Å². The predicted octanol–water partition coefficient (Wildman–Crippen LogP) is 0.605. The van der Waals surface area contributed by atoms with E-state index in [1.54, 1.807) is 0 Å². The van der Waals surface area contributed by atoms with Gasteiger partial charge in [0.05, 0.1) is 0 Å². The van der Waals surface area contributed by atoms with Gasteiger partial charge in [0.2, 0.25) is 0 Å². The second kappa shape index (κ2) is 3.99. The number of rotatable bonds is 1. The number of carbonyl (C=O) groups is 1. The van der Waals surface area contributed by atoms with Gasteiger partial charge in [0.1, 0.15) is 0 Å². The SMILES string of the molecule is O=C(O)C1CCC[N-]1.[Ir]. The fraction of sp³-hybridized carbons (Fsp3) is 0.800. The average molecular weight is 306 g/mol. The molecule has 1 N–H and O–H groups in total. The monoisotopic (exact) mass is 307 g/mol. The standard InChI is InChI=1S/C5H8NO2.Ir/c7-5(8)4-2-1-3-6-4;/h4H,1-3H2,(H,7,8);/q-1;. The van der Waals surface area contributed by atoms with Crippen molar-refractivity contribution in [2.24, 2.45) is 0 Å². The van der Waals surface area contributed by atoms with Gasteiger partial charge < -0.3 is 10.4 Å². The Labute approximate surface area is 67.2 Å². The molecule has 9 heavy (non-hydrogen) atoms. The molecule has 1 saturated heterocycles. The number of carboxylic acid groups (broad SMARTS) is 1. The number of aliphatic carboxylic acids is 1. The van der Waals surface area contributed by atoms with E-state index >= 15 is 0 Å². The summed E-state index contributed by atoms with van der Waals surface area (Å²) < 4.78 is 0. The molecule has 1 aliphatic heterocycles. The molecule has 0 amide bonds. The van der Waals surface area contributed by atoms with Gasteiger partial charge in [0, 0.05) is 20.1 Å². The normalized spacial score (nSPS) is 25.1. The van der Waals surface area contributed by atoms with E-state index in [0.29, 0.717) is 0 Å². The quantitative estimate of drug-likeness (QED) is 0.771. The first-order chi connectivity index (χ1) is 3.80. The Kier molecular flexibility index (Phi) is 4.02. The summed E-state index contributed by atoms with van der Waals surface area (Å²) in [6.45, 7) is 0.733. The molecule has 0 spiro atoms. The Bertz CT molecular complexity index is 101. The van der Waals surface area contributed by atoms with E-state index in [0.717, 1.165) is 19.4 Å². The molecule has 0 aromatic heterocycles. The summed E-state index contributed by atoms with van der Waals surface area (Å²) in [7, 11) is 0. The van der Waals surface area contributed by atoms with Crippen LogP contribution in [0.4, 0.5) is 0 Å². The summed E-state index contributed by atoms with van der Waals surface area (Å²) in [5.74, 6) is -0.775. The first-order valence-electron chi connectivity index (χ1n) is 2.70. The smallest absolute Gasteiger partial charge is 0.285 e. The van der Waals surface area contributed by atoms with Gasteiger partial charge in [-0.3, -0.25) is 4.79 Å². The third-order valence-corrected chi connectivity index (χ3v) is 1.27. The first-order valence-corrected chi connectivity index (χ1v) is 2.70. The Morgan fingerprint density at radius 3 is 2.56 bits per heavy atom. The summed E-state index contributed by atoms with van der Waals surface area (Å²) in [6, 6.07) is -0.394. The fourth-order valence-electron chi connectivity index (χ4n) is 0.825. The van der Waals surface area contributed by atoms with Crippen molar-refractivity contribution >= 4 is 5.97 Å². The van der Waals surface area contributed by atoms with Crippen molar-refractivity contribution in [3.05, 3.63) is 5.32 Å². The Morgan fingerprint density at radius 2 is 2.33 bits per heavy atom. The summed E-state index contributed by atoms with van der Waals surface area (Å²) in [6.07, 6.45) is 1.67. The molecule has 0 aliphatic carbocycles. The van der Waals surface area contributed by atoms with E-state index in [-0.39, 0.29) is 20.1 Å². The van der Waals surface area contributed by atoms with Crippen molar-refractivity contribution in [2.45, 2.75) is 18.9 Å². The molecule has 1 rings (SSSR count). The zero-order chi connectivity index (χ0) is 5.98. The van der Waals surface area contributed by atoms with Gasteiger partial charge in [0.15, 0.2) is 0 Å². The van der Waals surface area contributed by atoms with Crippen LogP contribution in [0.1, 0.15) is 12.8 Å². The van der Waals surface area contributed by atoms with Gasteiger partial charge in [-0.2, -0.15) is 0 Å². The maximum atomic E-state index is 10.1. The van der Waals surface area contributed by atoms with Crippen LogP contribution in [0.25, 0.3) is 5.32 Å². The third-order valence-electron chi connectivity index (χ3n) is 1.27. The summed E-state index contributed by atoms with van der Waals surface area (Å²) in [5.41, 5.74) is 0. The summed E-state index contributed by atoms with van der Waals surface area (Å²) in [5, 5.41) is 12.2. The molecule has 1 atom stereocenters. The zero-order valence-corrected chi connectivity index (χ0v) is 7.23. The minimum atomic E-state index is -0.775. The number of hydrogen-bond donors (Lipinski definition) is 1. The molecule has 1 aliphatic rings. The molecule has 3 nitrogen and oxygen atoms in total. The van der Waals surface area contributed by atoms with E-state index in [9.17, 15) is 4.79 Å². The van der Waals surface area contributed by atoms with Crippen LogP contribution in [0.15, 0.2) is 0 Å². The predicted molar refractivity (Wildman–Crippen MR) is 28.9 cm³/mol. The number of nitrogens with zero attached hydrogens (tertiary/aromatic N) is 1. The molecule has 1 heterocycles. The second-order valence-corrected chi connectivity index (χ2v) is 1.90. The van der Waals surface area contributed by atoms with Gasteiger partial charge in [-0.05, 0) is 6.04 Å². The molecule has 0 saturated carbocycles. The first kappa shape index (κ1) is 9.08. The molecular weight excluding hydrogens is 298 g/mol. The van der Waals surface area contributed by atoms with Gasteiger partial charge in [-0.1, -0.05) is 12.8 Å². The van der Waals surface area contributed by atoms with Crippen molar-refractivity contribution in [3.8, 4) is 0 Å². The van der Waals surface area contributed by atoms with E-state index < -0.39 is 12.0 Å². The summed E-state index contributed by atoms with van der Waals surface area (Å²) in [4.78, 5) is 10.1. The summed E-state index contributed by atoms with van der Waals surface area (Å²) >= 11 is 0. The minimum absolute atomic E-state index is 0. The van der Waals surface area contributed by atoms with Crippen molar-refractivity contribution in [1.29, 1.82) is 0 Å². The van der Waals surface area contributed by atoms with Crippen molar-refractivity contribution in [1.82, 2.24) is 0 Å². The molecule has 4 heteroatoms. The maximum absolute atomic E-state index is 10.1. The Balaban J connectivity index is 0.000000640. The fourth-order valence-corrected chi connectivity index (χ4v) is 0.825. The zero-order valence-electron chi connectivity index (χ0n) is 4.83. The van der Waals surface area contributed by atoms with E-state index in [1.165, 1.54) is 0 Å². The van der Waals surface area contributed by atoms with Gasteiger partial charge in [-0.25, -0.2) is 0 Å². The topological polar surface area (TPSA) is 51.4 Å². The van der Waals surface area contributed by atoms with Crippen molar-refractivity contribution < 1.29 is 30.0 Å². The number of carboxylic acids is 1. The molecule has 0 bridgehead atoms. The van der Waals surface area contributed by atoms with Crippen LogP contribution in [0, 0.1) is 0 Å². The van der Waals surface area contributed by atoms with Crippen molar-refractivity contribution in [3.63, 3.8) is 0 Å². The third kappa shape index (κ3) is 2.43. The Hall–Kier alpha value is 0.0794. The molecule has 1 fully saturated rings. The van der Waals surface area contributed by atoms with E-state index in [4.69, 9.17) is 5.11 Å². The molecular formula is C5H8IrNO2-. The van der Waals surface area contributed by atoms with Crippen LogP contribution in [0.3, 0.4) is 0 Å². The van der Waals surface area contributed by atoms with Crippen LogP contribution in [0.2, 0.25) is 0 Å². The van der Waals surface area contributed by atoms with Crippen LogP contribution in [0.5, 0.6) is 0 Å². The molecule has 0 aromatic rings. The van der Waals surface area contributed by atoms with E-state index in [1.807, 2.05) is 0 Å². The van der Waals surface area contributed by atoms with Gasteiger partial charge in [0.25, 0.3) is 5.97 Å². The van der Waals surface area contributed by atoms with Crippen LogP contribution in [-0.2, 0) is 24.9 Å². The van der Waals surface area contributed by atoms with Crippen LogP contribution >= 0.6 is 0 Å². The van der Waals surface area contributed by atoms with E-state index in [2.05, 4.69) is 5.32 Å². The largest absolute Gasteiger partial charge is 0.650 e. The molecule has 0 aromatic carbocycles. The second-order valence-electron chi connectivity index (χ2n) is 1.90. The van der Waals surface area contributed by atoms with Crippen LogP contribution < -0.4 is 0 Å². The number of hydrogen-bond acceptors (Lipinski definition) is 1. The van der Waals surface area contributed by atoms with Crippen molar-refractivity contribution in [2.75, 3.05) is 6.54 Å².